The molecule has 3 heterocycles. The first-order chi connectivity index (χ1) is 9.36. The van der Waals surface area contributed by atoms with Crippen LogP contribution in [0.1, 0.15) is 19.3 Å². The van der Waals surface area contributed by atoms with E-state index in [1.54, 1.807) is 11.3 Å². The van der Waals surface area contributed by atoms with E-state index >= 15 is 0 Å². The van der Waals surface area contributed by atoms with Crippen molar-refractivity contribution in [2.45, 2.75) is 24.5 Å². The highest BCUT2D eigenvalue weighted by Gasteiger charge is 2.15. The number of fused-ring (bicyclic) bond motifs is 1. The fraction of sp³-hybridized carbons (Fsp3) is 0.500. The highest BCUT2D eigenvalue weighted by Crippen LogP contribution is 2.28. The van der Waals surface area contributed by atoms with Crippen molar-refractivity contribution in [1.82, 2.24) is 9.97 Å². The summed E-state index contributed by atoms with van der Waals surface area (Å²) in [5, 5.41) is 7.25. The summed E-state index contributed by atoms with van der Waals surface area (Å²) in [6.45, 7) is 0.955. The second-order valence-corrected chi connectivity index (χ2v) is 6.85. The average Bonchev–Trinajstić information content (AvgIpc) is 2.94. The first-order valence-electron chi connectivity index (χ1n) is 6.44. The van der Waals surface area contributed by atoms with Gasteiger partial charge in [-0.2, -0.15) is 16.7 Å². The van der Waals surface area contributed by atoms with Gasteiger partial charge in [-0.05, 0) is 30.0 Å². The Morgan fingerprint density at radius 2 is 2.32 bits per heavy atom. The third-order valence-corrected chi connectivity index (χ3v) is 5.43. The molecule has 19 heavy (non-hydrogen) atoms. The van der Waals surface area contributed by atoms with Gasteiger partial charge < -0.3 is 5.32 Å². The number of aromatic nitrogens is 2. The van der Waals surface area contributed by atoms with Gasteiger partial charge in [0.15, 0.2) is 0 Å². The van der Waals surface area contributed by atoms with Crippen molar-refractivity contribution in [2.24, 2.45) is 5.84 Å². The smallest absolute Gasteiger partial charge is 0.240 e. The average molecular weight is 295 g/mol. The fourth-order valence-electron chi connectivity index (χ4n) is 2.23. The molecule has 1 fully saturated rings. The summed E-state index contributed by atoms with van der Waals surface area (Å²) in [6.07, 6.45) is 3.98. The van der Waals surface area contributed by atoms with Gasteiger partial charge in [-0.25, -0.2) is 10.8 Å². The molecule has 4 N–H and O–H groups in total. The van der Waals surface area contributed by atoms with Crippen molar-refractivity contribution in [2.75, 3.05) is 23.0 Å². The van der Waals surface area contributed by atoms with Gasteiger partial charge in [-0.3, -0.25) is 5.43 Å². The fourth-order valence-corrected chi connectivity index (χ4v) is 4.24. The van der Waals surface area contributed by atoms with Gasteiger partial charge in [-0.15, -0.1) is 11.3 Å². The van der Waals surface area contributed by atoms with Gasteiger partial charge in [-0.1, -0.05) is 6.42 Å². The molecule has 1 aliphatic rings. The number of rotatable bonds is 4. The van der Waals surface area contributed by atoms with E-state index in [0.29, 0.717) is 11.2 Å². The molecule has 5 nitrogen and oxygen atoms in total. The lowest BCUT2D eigenvalue weighted by Crippen LogP contribution is -2.21. The summed E-state index contributed by atoms with van der Waals surface area (Å²) in [6, 6.07) is 2.05. The van der Waals surface area contributed by atoms with Crippen LogP contribution >= 0.6 is 23.1 Å². The second kappa shape index (κ2) is 5.94. The Hall–Kier alpha value is -1.05. The van der Waals surface area contributed by atoms with E-state index in [1.165, 1.54) is 25.0 Å². The molecular formula is C12H17N5S2. The second-order valence-electron chi connectivity index (χ2n) is 4.55. The maximum atomic E-state index is 5.42. The molecule has 0 bridgehead atoms. The number of hydrogen-bond donors (Lipinski definition) is 3. The van der Waals surface area contributed by atoms with Crippen LogP contribution < -0.4 is 16.6 Å². The lowest BCUT2D eigenvalue weighted by atomic mass is 10.2. The predicted molar refractivity (Wildman–Crippen MR) is 83.8 cm³/mol. The third-order valence-electron chi connectivity index (χ3n) is 3.23. The number of thioether (sulfide) groups is 1. The van der Waals surface area contributed by atoms with Crippen LogP contribution in [0.4, 0.5) is 11.8 Å². The summed E-state index contributed by atoms with van der Waals surface area (Å²) in [7, 11) is 0. The molecule has 3 rings (SSSR count). The molecule has 0 radical (unpaired) electrons. The molecule has 1 atom stereocenters. The predicted octanol–water partition coefficient (Wildman–Crippen LogP) is 2.67. The number of nitrogens with two attached hydrogens (primary N) is 1. The zero-order chi connectivity index (χ0) is 13.1. The number of nitrogen functional groups attached to an aromatic ring is 1. The van der Waals surface area contributed by atoms with Crippen LogP contribution in [0.2, 0.25) is 0 Å². The number of nitrogens with one attached hydrogen (secondary N) is 2. The lowest BCUT2D eigenvalue weighted by Gasteiger charge is -2.21. The highest BCUT2D eigenvalue weighted by atomic mass is 32.2. The number of hydrazine groups is 1. The van der Waals surface area contributed by atoms with E-state index in [0.717, 1.165) is 22.6 Å². The topological polar surface area (TPSA) is 75.9 Å². The molecular weight excluding hydrogens is 278 g/mol. The zero-order valence-electron chi connectivity index (χ0n) is 10.6. The minimum absolute atomic E-state index is 0.466. The van der Waals surface area contributed by atoms with E-state index in [9.17, 15) is 0 Å². The standard InChI is InChI=1S/C12H17N5S2/c13-17-12-15-10(9-4-6-19-11(9)16-12)14-7-8-3-1-2-5-18-8/h4,6,8H,1-3,5,7,13H2,(H2,14,15,16,17). The van der Waals surface area contributed by atoms with Gasteiger partial charge >= 0.3 is 0 Å². The first kappa shape index (κ1) is 13.0. The minimum atomic E-state index is 0.466. The van der Waals surface area contributed by atoms with E-state index < -0.39 is 0 Å². The van der Waals surface area contributed by atoms with Crippen LogP contribution in [-0.2, 0) is 0 Å². The maximum Gasteiger partial charge on any atom is 0.240 e. The Morgan fingerprint density at radius 1 is 1.37 bits per heavy atom. The quantitative estimate of drug-likeness (QED) is 0.595. The summed E-state index contributed by atoms with van der Waals surface area (Å²) < 4.78 is 0. The zero-order valence-corrected chi connectivity index (χ0v) is 12.2. The Labute approximate surface area is 120 Å². The molecule has 0 aromatic carbocycles. The van der Waals surface area contributed by atoms with Crippen LogP contribution in [-0.4, -0.2) is 27.5 Å². The Kier molecular flexibility index (Phi) is 4.05. The number of anilines is 2. The number of hydrogen-bond acceptors (Lipinski definition) is 7. The normalized spacial score (nSPS) is 19.5. The monoisotopic (exact) mass is 295 g/mol. The van der Waals surface area contributed by atoms with Crippen molar-refractivity contribution in [3.8, 4) is 0 Å². The number of nitrogens with zero attached hydrogens (tertiary/aromatic N) is 2. The Bertz CT molecular complexity index is 550. The molecule has 2 aromatic heterocycles. The van der Waals surface area contributed by atoms with Crippen molar-refractivity contribution in [1.29, 1.82) is 0 Å². The first-order valence-corrected chi connectivity index (χ1v) is 8.37. The van der Waals surface area contributed by atoms with Crippen molar-refractivity contribution >= 4 is 45.1 Å². The molecule has 7 heteroatoms. The van der Waals surface area contributed by atoms with E-state index in [-0.39, 0.29) is 0 Å². The Morgan fingerprint density at radius 3 is 3.11 bits per heavy atom. The molecule has 0 saturated carbocycles. The van der Waals surface area contributed by atoms with Crippen LogP contribution in [0, 0.1) is 0 Å². The van der Waals surface area contributed by atoms with Crippen molar-refractivity contribution < 1.29 is 0 Å². The molecule has 1 unspecified atom stereocenters. The third kappa shape index (κ3) is 2.93. The summed E-state index contributed by atoms with van der Waals surface area (Å²) in [4.78, 5) is 9.71. The SMILES string of the molecule is NNc1nc(NCC2CCCCS2)c2ccsc2n1. The van der Waals surface area contributed by atoms with Gasteiger partial charge in [0.1, 0.15) is 10.6 Å². The summed E-state index contributed by atoms with van der Waals surface area (Å²) in [5.41, 5.74) is 2.53. The highest BCUT2D eigenvalue weighted by molar-refractivity contribution is 7.99. The minimum Gasteiger partial charge on any atom is -0.368 e. The van der Waals surface area contributed by atoms with E-state index in [2.05, 4.69) is 38.5 Å². The molecule has 0 amide bonds. The summed E-state index contributed by atoms with van der Waals surface area (Å²) in [5.74, 6) is 8.04. The van der Waals surface area contributed by atoms with Gasteiger partial charge in [0.05, 0.1) is 5.39 Å². The van der Waals surface area contributed by atoms with E-state index in [4.69, 9.17) is 5.84 Å². The lowest BCUT2D eigenvalue weighted by molar-refractivity contribution is 0.677. The van der Waals surface area contributed by atoms with E-state index in [1.807, 2.05) is 5.38 Å². The largest absolute Gasteiger partial charge is 0.368 e. The molecule has 102 valence electrons. The maximum absolute atomic E-state index is 5.42. The van der Waals surface area contributed by atoms with Crippen LogP contribution in [0.5, 0.6) is 0 Å². The van der Waals surface area contributed by atoms with Crippen molar-refractivity contribution in [3.05, 3.63) is 11.4 Å². The molecule has 2 aromatic rings. The Balaban J connectivity index is 1.77. The van der Waals surface area contributed by atoms with Crippen LogP contribution in [0.15, 0.2) is 11.4 Å². The van der Waals surface area contributed by atoms with Gasteiger partial charge in [0.2, 0.25) is 5.95 Å². The summed E-state index contributed by atoms with van der Waals surface area (Å²) >= 11 is 3.66. The van der Waals surface area contributed by atoms with Crippen molar-refractivity contribution in [3.63, 3.8) is 0 Å². The number of thiophene rings is 1. The molecule has 0 aliphatic carbocycles. The van der Waals surface area contributed by atoms with Gasteiger partial charge in [0, 0.05) is 11.8 Å². The molecule has 1 aliphatic heterocycles. The van der Waals surface area contributed by atoms with Gasteiger partial charge in [0.25, 0.3) is 0 Å². The molecule has 1 saturated heterocycles. The molecule has 0 spiro atoms. The van der Waals surface area contributed by atoms with Crippen LogP contribution in [0.3, 0.4) is 0 Å². The van der Waals surface area contributed by atoms with Crippen LogP contribution in [0.25, 0.3) is 10.2 Å².